The van der Waals surface area contributed by atoms with E-state index in [-0.39, 0.29) is 29.0 Å². The van der Waals surface area contributed by atoms with Crippen LogP contribution < -0.4 is 15.9 Å². The molecular weight excluding hydrogens is 464 g/mol. The van der Waals surface area contributed by atoms with Gasteiger partial charge >= 0.3 is 0 Å². The lowest BCUT2D eigenvalue weighted by Crippen LogP contribution is -2.59. The van der Waals surface area contributed by atoms with E-state index in [1.54, 1.807) is 24.3 Å². The standard InChI is InChI=1S/C30H40N4O3/c1-5-30-17-6-7-24(16-18-30)34(30)28(36)26(19-21-10-14-25(15-11-21)37-29(2,3)4)33-27(35)23-12-8-22(9-13-23)20-32-31/h8-15,20,24,26H,5-7,16-19,31H2,1-4H3,(H,33,35)/t24?,26?,30-/m0/s1. The van der Waals surface area contributed by atoms with Gasteiger partial charge in [0.15, 0.2) is 0 Å². The number of nitrogens with two attached hydrogens (primary N) is 1. The second-order valence-corrected chi connectivity index (χ2v) is 11.4. The summed E-state index contributed by atoms with van der Waals surface area (Å²) in [6.07, 6.45) is 8.21. The van der Waals surface area contributed by atoms with Gasteiger partial charge in [-0.15, -0.1) is 0 Å². The number of carbonyl (C=O) groups is 2. The Morgan fingerprint density at radius 3 is 2.46 bits per heavy atom. The van der Waals surface area contributed by atoms with Crippen LogP contribution in [0.3, 0.4) is 0 Å². The van der Waals surface area contributed by atoms with Crippen molar-refractivity contribution in [2.75, 3.05) is 0 Å². The first-order valence-electron chi connectivity index (χ1n) is 13.4. The number of benzene rings is 2. The molecule has 2 saturated heterocycles. The highest BCUT2D eigenvalue weighted by Crippen LogP contribution is 2.46. The van der Waals surface area contributed by atoms with Crippen LogP contribution in [0.5, 0.6) is 5.75 Å². The average Bonchev–Trinajstić information content (AvgIpc) is 3.09. The molecule has 2 unspecified atom stereocenters. The van der Waals surface area contributed by atoms with Crippen LogP contribution in [0.25, 0.3) is 0 Å². The summed E-state index contributed by atoms with van der Waals surface area (Å²) in [6, 6.07) is 14.5. The van der Waals surface area contributed by atoms with Crippen molar-refractivity contribution >= 4 is 18.0 Å². The van der Waals surface area contributed by atoms with Gasteiger partial charge in [0.2, 0.25) is 5.91 Å². The average molecular weight is 505 g/mol. The van der Waals surface area contributed by atoms with E-state index in [2.05, 4.69) is 22.2 Å². The normalized spacial score (nSPS) is 22.2. The molecule has 198 valence electrons. The van der Waals surface area contributed by atoms with Crippen LogP contribution in [0.4, 0.5) is 0 Å². The minimum absolute atomic E-state index is 0.0271. The Morgan fingerprint density at radius 2 is 1.84 bits per heavy atom. The highest BCUT2D eigenvalue weighted by Gasteiger charge is 2.51. The summed E-state index contributed by atoms with van der Waals surface area (Å²) in [5.74, 6) is 5.77. The van der Waals surface area contributed by atoms with E-state index >= 15 is 0 Å². The maximum absolute atomic E-state index is 14.1. The fourth-order valence-corrected chi connectivity index (χ4v) is 5.89. The Balaban J connectivity index is 1.58. The molecule has 2 aliphatic rings. The van der Waals surface area contributed by atoms with E-state index in [9.17, 15) is 9.59 Å². The van der Waals surface area contributed by atoms with Crippen molar-refractivity contribution in [2.24, 2.45) is 10.9 Å². The molecule has 0 aromatic heterocycles. The summed E-state index contributed by atoms with van der Waals surface area (Å²) in [5.41, 5.74) is 1.90. The van der Waals surface area contributed by atoms with Crippen molar-refractivity contribution < 1.29 is 14.3 Å². The van der Waals surface area contributed by atoms with Gasteiger partial charge in [-0.3, -0.25) is 9.59 Å². The molecular formula is C30H40N4O3. The van der Waals surface area contributed by atoms with Crippen LogP contribution in [-0.4, -0.2) is 46.2 Å². The predicted octanol–water partition coefficient (Wildman–Crippen LogP) is 4.82. The third-order valence-corrected chi connectivity index (χ3v) is 7.68. The SMILES string of the molecule is CC[C@]12CCCC(CC1)N2C(=O)C(Cc1ccc(OC(C)(C)C)cc1)NC(=O)c1ccc(C=NN)cc1. The number of fused-ring (bicyclic) bond motifs is 2. The fraction of sp³-hybridized carbons (Fsp3) is 0.500. The topological polar surface area (TPSA) is 97.0 Å². The third-order valence-electron chi connectivity index (χ3n) is 7.68. The van der Waals surface area contributed by atoms with Crippen LogP contribution >= 0.6 is 0 Å². The quantitative estimate of drug-likeness (QED) is 0.306. The van der Waals surface area contributed by atoms with E-state index in [1.807, 2.05) is 45.0 Å². The van der Waals surface area contributed by atoms with Gasteiger partial charge in [-0.25, -0.2) is 0 Å². The molecule has 0 saturated carbocycles. The molecule has 2 amide bonds. The summed E-state index contributed by atoms with van der Waals surface area (Å²) in [6.45, 7) is 8.21. The molecule has 0 radical (unpaired) electrons. The molecule has 3 atom stereocenters. The van der Waals surface area contributed by atoms with Gasteiger partial charge in [-0.1, -0.05) is 31.2 Å². The summed E-state index contributed by atoms with van der Waals surface area (Å²) in [5, 5.41) is 6.60. The van der Waals surface area contributed by atoms with E-state index in [1.165, 1.54) is 6.21 Å². The number of hydrazone groups is 1. The third kappa shape index (κ3) is 6.14. The van der Waals surface area contributed by atoms with E-state index in [4.69, 9.17) is 10.6 Å². The first kappa shape index (κ1) is 26.7. The van der Waals surface area contributed by atoms with Crippen LogP contribution in [-0.2, 0) is 11.2 Å². The van der Waals surface area contributed by atoms with Gasteiger partial charge in [0.05, 0.1) is 6.21 Å². The Kier molecular flexibility index (Phi) is 7.90. The molecule has 37 heavy (non-hydrogen) atoms. The van der Waals surface area contributed by atoms with E-state index < -0.39 is 6.04 Å². The Hall–Kier alpha value is -3.35. The highest BCUT2D eigenvalue weighted by molar-refractivity contribution is 5.98. The largest absolute Gasteiger partial charge is 0.488 e. The lowest BCUT2D eigenvalue weighted by molar-refractivity contribution is -0.142. The molecule has 0 aliphatic carbocycles. The lowest BCUT2D eigenvalue weighted by Gasteiger charge is -2.46. The number of ether oxygens (including phenoxy) is 1. The first-order valence-corrected chi connectivity index (χ1v) is 13.4. The molecule has 2 aliphatic heterocycles. The van der Waals surface area contributed by atoms with Crippen molar-refractivity contribution in [2.45, 2.75) is 95.9 Å². The summed E-state index contributed by atoms with van der Waals surface area (Å²) < 4.78 is 5.96. The Morgan fingerprint density at radius 1 is 1.14 bits per heavy atom. The molecule has 4 rings (SSSR count). The van der Waals surface area contributed by atoms with Gasteiger partial charge < -0.3 is 20.8 Å². The van der Waals surface area contributed by atoms with E-state index in [0.717, 1.165) is 55.4 Å². The zero-order chi connectivity index (χ0) is 26.6. The molecule has 2 fully saturated rings. The van der Waals surface area contributed by atoms with E-state index in [0.29, 0.717) is 12.0 Å². The highest BCUT2D eigenvalue weighted by atomic mass is 16.5. The Labute approximate surface area is 220 Å². The van der Waals surface area contributed by atoms with Gasteiger partial charge in [-0.2, -0.15) is 5.10 Å². The zero-order valence-corrected chi connectivity index (χ0v) is 22.5. The van der Waals surface area contributed by atoms with Gasteiger partial charge in [0.25, 0.3) is 5.91 Å². The molecule has 2 aromatic rings. The molecule has 7 nitrogen and oxygen atoms in total. The van der Waals surface area contributed by atoms with Crippen molar-refractivity contribution in [1.29, 1.82) is 0 Å². The van der Waals surface area contributed by atoms with Gasteiger partial charge in [0.1, 0.15) is 17.4 Å². The molecule has 7 heteroatoms. The first-order chi connectivity index (χ1) is 17.6. The number of hydrogen-bond acceptors (Lipinski definition) is 5. The predicted molar refractivity (Wildman–Crippen MR) is 147 cm³/mol. The van der Waals surface area contributed by atoms with Crippen LogP contribution in [0.2, 0.25) is 0 Å². The number of nitrogens with zero attached hydrogens (tertiary/aromatic N) is 2. The van der Waals surface area contributed by atoms with Gasteiger partial charge in [-0.05, 0) is 94.7 Å². The second kappa shape index (κ2) is 11.0. The summed E-state index contributed by atoms with van der Waals surface area (Å²) in [7, 11) is 0. The summed E-state index contributed by atoms with van der Waals surface area (Å²) in [4.78, 5) is 29.6. The molecule has 0 spiro atoms. The maximum atomic E-state index is 14.1. The zero-order valence-electron chi connectivity index (χ0n) is 22.5. The summed E-state index contributed by atoms with van der Waals surface area (Å²) >= 11 is 0. The fourth-order valence-electron chi connectivity index (χ4n) is 5.89. The number of rotatable bonds is 8. The second-order valence-electron chi connectivity index (χ2n) is 11.4. The maximum Gasteiger partial charge on any atom is 0.251 e. The molecule has 2 heterocycles. The molecule has 3 N–H and O–H groups in total. The van der Waals surface area contributed by atoms with Crippen LogP contribution in [0.15, 0.2) is 53.6 Å². The van der Waals surface area contributed by atoms with Crippen LogP contribution in [0.1, 0.15) is 87.7 Å². The smallest absolute Gasteiger partial charge is 0.251 e. The molecule has 2 aromatic carbocycles. The van der Waals surface area contributed by atoms with Crippen molar-refractivity contribution in [1.82, 2.24) is 10.2 Å². The number of amides is 2. The van der Waals surface area contributed by atoms with Crippen LogP contribution in [0, 0.1) is 0 Å². The van der Waals surface area contributed by atoms with Crippen molar-refractivity contribution in [3.05, 3.63) is 65.2 Å². The minimum Gasteiger partial charge on any atom is -0.488 e. The monoisotopic (exact) mass is 504 g/mol. The van der Waals surface area contributed by atoms with Gasteiger partial charge in [0, 0.05) is 23.6 Å². The number of carbonyl (C=O) groups excluding carboxylic acids is 2. The minimum atomic E-state index is -0.656. The lowest BCUT2D eigenvalue weighted by atomic mass is 9.85. The van der Waals surface area contributed by atoms with Crippen molar-refractivity contribution in [3.8, 4) is 5.75 Å². The number of nitrogens with one attached hydrogen (secondary N) is 1. The number of hydrogen-bond donors (Lipinski definition) is 2. The van der Waals surface area contributed by atoms with Crippen molar-refractivity contribution in [3.63, 3.8) is 0 Å². The Bertz CT molecular complexity index is 1120. The molecule has 2 bridgehead atoms. The number of piperidine rings is 1.